The Morgan fingerprint density at radius 1 is 1.11 bits per heavy atom. The van der Waals surface area contributed by atoms with Crippen molar-refractivity contribution in [3.63, 3.8) is 0 Å². The molecule has 1 aromatic carbocycles. The van der Waals surface area contributed by atoms with E-state index in [1.165, 1.54) is 16.9 Å². The van der Waals surface area contributed by atoms with Crippen LogP contribution in [0.25, 0.3) is 11.5 Å². The molecule has 3 heterocycles. The number of para-hydroxylation sites is 1. The van der Waals surface area contributed by atoms with Crippen molar-refractivity contribution >= 4 is 11.7 Å². The molecule has 134 valence electrons. The molecule has 0 atom stereocenters. The van der Waals surface area contributed by atoms with Crippen LogP contribution in [0, 0.1) is 12.7 Å². The van der Waals surface area contributed by atoms with Gasteiger partial charge in [-0.3, -0.25) is 4.79 Å². The molecule has 0 bridgehead atoms. The molecule has 0 unspecified atom stereocenters. The lowest BCUT2D eigenvalue weighted by Crippen LogP contribution is -2.16. The van der Waals surface area contributed by atoms with Gasteiger partial charge in [0.15, 0.2) is 5.82 Å². The molecular weight excluding hydrogens is 345 g/mol. The van der Waals surface area contributed by atoms with Crippen LogP contribution < -0.4 is 5.32 Å². The molecule has 3 aromatic heterocycles. The minimum atomic E-state index is -0.429. The normalized spacial score (nSPS) is 10.7. The zero-order valence-corrected chi connectivity index (χ0v) is 14.5. The van der Waals surface area contributed by atoms with Crippen molar-refractivity contribution in [1.82, 2.24) is 19.3 Å². The summed E-state index contributed by atoms with van der Waals surface area (Å²) in [6, 6.07) is 13.5. The average molecular weight is 361 g/mol. The summed E-state index contributed by atoms with van der Waals surface area (Å²) in [5.41, 5.74) is 1.54. The summed E-state index contributed by atoms with van der Waals surface area (Å²) in [5, 5.41) is 7.03. The first-order chi connectivity index (χ1) is 13.1. The summed E-state index contributed by atoms with van der Waals surface area (Å²) in [6.45, 7) is 1.92. The van der Waals surface area contributed by atoms with E-state index in [0.29, 0.717) is 17.2 Å². The van der Waals surface area contributed by atoms with Crippen LogP contribution in [0.15, 0.2) is 73.3 Å². The fraction of sp³-hybridized carbons (Fsp3) is 0.0500. The van der Waals surface area contributed by atoms with E-state index >= 15 is 0 Å². The number of carbonyl (C=O) groups is 1. The van der Waals surface area contributed by atoms with Gasteiger partial charge in [-0.2, -0.15) is 5.10 Å². The molecule has 0 aliphatic heterocycles. The van der Waals surface area contributed by atoms with Gasteiger partial charge in [-0.15, -0.1) is 0 Å². The lowest BCUT2D eigenvalue weighted by Gasteiger charge is -2.11. The number of amides is 1. The maximum Gasteiger partial charge on any atom is 0.262 e. The van der Waals surface area contributed by atoms with Gasteiger partial charge in [0.1, 0.15) is 22.9 Å². The van der Waals surface area contributed by atoms with Gasteiger partial charge in [0.05, 0.1) is 6.20 Å². The molecule has 0 aliphatic rings. The Balaban J connectivity index is 1.80. The van der Waals surface area contributed by atoms with Crippen molar-refractivity contribution in [2.75, 3.05) is 5.32 Å². The van der Waals surface area contributed by atoms with Gasteiger partial charge in [0.25, 0.3) is 5.91 Å². The smallest absolute Gasteiger partial charge is 0.262 e. The number of rotatable bonds is 4. The van der Waals surface area contributed by atoms with Gasteiger partial charge < -0.3 is 9.88 Å². The molecule has 6 nitrogen and oxygen atoms in total. The molecule has 4 rings (SSSR count). The van der Waals surface area contributed by atoms with Gasteiger partial charge in [-0.05, 0) is 48.9 Å². The number of carbonyl (C=O) groups excluding carboxylic acids is 1. The van der Waals surface area contributed by atoms with Crippen LogP contribution >= 0.6 is 0 Å². The first-order valence-corrected chi connectivity index (χ1v) is 8.34. The van der Waals surface area contributed by atoms with Crippen LogP contribution in [-0.2, 0) is 0 Å². The van der Waals surface area contributed by atoms with E-state index in [2.05, 4.69) is 15.4 Å². The van der Waals surface area contributed by atoms with E-state index in [1.807, 2.05) is 25.1 Å². The third kappa shape index (κ3) is 3.22. The second-order valence-electron chi connectivity index (χ2n) is 6.01. The number of aryl methyl sites for hydroxylation is 1. The largest absolute Gasteiger partial charge is 0.308 e. The number of benzene rings is 1. The van der Waals surface area contributed by atoms with Crippen LogP contribution in [0.2, 0.25) is 0 Å². The summed E-state index contributed by atoms with van der Waals surface area (Å²) in [7, 11) is 0. The number of nitrogens with zero attached hydrogens (tertiary/aromatic N) is 4. The highest BCUT2D eigenvalue weighted by Crippen LogP contribution is 2.22. The van der Waals surface area contributed by atoms with E-state index in [-0.39, 0.29) is 11.6 Å². The Labute approximate surface area is 154 Å². The highest BCUT2D eigenvalue weighted by atomic mass is 19.1. The Hall–Kier alpha value is -3.74. The molecule has 1 amide bonds. The number of hydrogen-bond donors (Lipinski definition) is 1. The molecule has 0 spiro atoms. The second kappa shape index (κ2) is 6.87. The minimum absolute atomic E-state index is 0.258. The fourth-order valence-electron chi connectivity index (χ4n) is 2.81. The Bertz CT molecular complexity index is 1100. The number of pyridine rings is 1. The summed E-state index contributed by atoms with van der Waals surface area (Å²) in [6.07, 6.45) is 6.60. The lowest BCUT2D eigenvalue weighted by molar-refractivity contribution is 0.102. The number of aromatic nitrogens is 4. The summed E-state index contributed by atoms with van der Waals surface area (Å²) >= 11 is 0. The molecule has 0 fully saturated rings. The summed E-state index contributed by atoms with van der Waals surface area (Å²) < 4.78 is 17.4. The zero-order chi connectivity index (χ0) is 18.8. The third-order valence-corrected chi connectivity index (χ3v) is 4.08. The fourth-order valence-corrected chi connectivity index (χ4v) is 2.81. The summed E-state index contributed by atoms with van der Waals surface area (Å²) in [5.74, 6) is 0.0769. The predicted molar refractivity (Wildman–Crippen MR) is 99.8 cm³/mol. The Morgan fingerprint density at radius 2 is 1.89 bits per heavy atom. The minimum Gasteiger partial charge on any atom is -0.308 e. The maximum atomic E-state index is 14.3. The van der Waals surface area contributed by atoms with Crippen molar-refractivity contribution in [3.8, 4) is 11.5 Å². The van der Waals surface area contributed by atoms with Crippen molar-refractivity contribution in [2.45, 2.75) is 6.92 Å². The topological polar surface area (TPSA) is 64.7 Å². The summed E-state index contributed by atoms with van der Waals surface area (Å²) in [4.78, 5) is 17.0. The van der Waals surface area contributed by atoms with E-state index < -0.39 is 5.82 Å². The molecule has 0 saturated carbocycles. The number of halogens is 1. The number of anilines is 1. The molecule has 4 aromatic rings. The highest BCUT2D eigenvalue weighted by Gasteiger charge is 2.21. The monoisotopic (exact) mass is 361 g/mol. The van der Waals surface area contributed by atoms with E-state index in [4.69, 9.17) is 0 Å². The van der Waals surface area contributed by atoms with Crippen LogP contribution in [0.4, 0.5) is 10.2 Å². The molecule has 1 N–H and O–H groups in total. The number of nitrogens with one attached hydrogen (secondary N) is 1. The molecule has 0 radical (unpaired) electrons. The van der Waals surface area contributed by atoms with Crippen molar-refractivity contribution in [3.05, 3.63) is 90.3 Å². The van der Waals surface area contributed by atoms with E-state index in [9.17, 15) is 9.18 Å². The van der Waals surface area contributed by atoms with Crippen LogP contribution in [0.5, 0.6) is 0 Å². The molecule has 0 saturated heterocycles. The van der Waals surface area contributed by atoms with Gasteiger partial charge in [-0.1, -0.05) is 12.1 Å². The Morgan fingerprint density at radius 3 is 2.63 bits per heavy atom. The maximum absolute atomic E-state index is 14.3. The Kier molecular flexibility index (Phi) is 4.25. The second-order valence-corrected chi connectivity index (χ2v) is 6.01. The molecule has 7 heteroatoms. The number of hydrogen-bond acceptors (Lipinski definition) is 3. The lowest BCUT2D eigenvalue weighted by atomic mass is 10.2. The van der Waals surface area contributed by atoms with E-state index in [0.717, 1.165) is 5.56 Å². The first kappa shape index (κ1) is 16.7. The average Bonchev–Trinajstić information content (AvgIpc) is 3.31. The predicted octanol–water partition coefficient (Wildman–Crippen LogP) is 3.76. The van der Waals surface area contributed by atoms with Gasteiger partial charge >= 0.3 is 0 Å². The van der Waals surface area contributed by atoms with Crippen molar-refractivity contribution in [2.24, 2.45) is 0 Å². The van der Waals surface area contributed by atoms with Gasteiger partial charge in [0.2, 0.25) is 0 Å². The highest BCUT2D eigenvalue weighted by molar-refractivity contribution is 6.06. The quantitative estimate of drug-likeness (QED) is 0.602. The first-order valence-electron chi connectivity index (χ1n) is 8.34. The molecular formula is C20H16FN5O. The van der Waals surface area contributed by atoms with Crippen molar-refractivity contribution < 1.29 is 9.18 Å². The van der Waals surface area contributed by atoms with Crippen molar-refractivity contribution in [1.29, 1.82) is 0 Å². The third-order valence-electron chi connectivity index (χ3n) is 4.08. The van der Waals surface area contributed by atoms with Gasteiger partial charge in [0, 0.05) is 18.6 Å². The SMILES string of the molecule is Cc1ccnc(NC(=O)c2cnn(-c3ccccc3F)c2-n2cccc2)c1. The van der Waals surface area contributed by atoms with Crippen LogP contribution in [0.1, 0.15) is 15.9 Å². The van der Waals surface area contributed by atoms with Crippen LogP contribution in [-0.4, -0.2) is 25.2 Å². The molecule has 0 aliphatic carbocycles. The molecule has 27 heavy (non-hydrogen) atoms. The van der Waals surface area contributed by atoms with Gasteiger partial charge in [-0.25, -0.2) is 14.1 Å². The standard InChI is InChI=1S/C20H16FN5O/c1-14-8-9-22-18(12-14)24-19(27)15-13-23-26(17-7-3-2-6-16(17)21)20(15)25-10-4-5-11-25/h2-13H,1H3,(H,22,24,27). The zero-order valence-electron chi connectivity index (χ0n) is 14.5. The van der Waals surface area contributed by atoms with E-state index in [1.54, 1.807) is 47.4 Å². The van der Waals surface area contributed by atoms with Crippen LogP contribution in [0.3, 0.4) is 0 Å².